The molecule has 2 aromatic heterocycles. The minimum atomic E-state index is -0.498. The van der Waals surface area contributed by atoms with Crippen LogP contribution in [0, 0.1) is 6.92 Å². The van der Waals surface area contributed by atoms with Crippen LogP contribution in [0.25, 0.3) is 11.0 Å². The molecule has 1 aliphatic rings. The van der Waals surface area contributed by atoms with Crippen molar-refractivity contribution < 1.29 is 0 Å². The number of nitrogens with zero attached hydrogens (tertiary/aromatic N) is 1. The first kappa shape index (κ1) is 9.33. The molecule has 2 N–H and O–H groups in total. The Morgan fingerprint density at radius 1 is 1.19 bits per heavy atom. The molecule has 0 amide bonds. The molecule has 0 unspecified atom stereocenters. The summed E-state index contributed by atoms with van der Waals surface area (Å²) in [5.41, 5.74) is 2.71. The van der Waals surface area contributed by atoms with Gasteiger partial charge in [0.15, 0.2) is 0 Å². The topological polar surface area (TPSA) is 78.6 Å². The van der Waals surface area contributed by atoms with Crippen molar-refractivity contribution in [2.24, 2.45) is 0 Å². The number of fused-ring (bicyclic) bond motifs is 2. The van der Waals surface area contributed by atoms with Crippen LogP contribution in [0.4, 0.5) is 0 Å². The highest BCUT2D eigenvalue weighted by atomic mass is 16.2. The quantitative estimate of drug-likeness (QED) is 0.670. The monoisotopic (exact) mass is 217 g/mol. The van der Waals surface area contributed by atoms with Gasteiger partial charge in [-0.05, 0) is 37.3 Å². The minimum Gasteiger partial charge on any atom is -0.291 e. The lowest BCUT2D eigenvalue weighted by molar-refractivity contribution is 0.899. The number of nitrogens with one attached hydrogen (secondary N) is 2. The third-order valence-corrected chi connectivity index (χ3v) is 3.19. The van der Waals surface area contributed by atoms with E-state index in [2.05, 4.69) is 15.0 Å². The molecule has 16 heavy (non-hydrogen) atoms. The third kappa shape index (κ3) is 1.14. The molecule has 3 rings (SSSR count). The van der Waals surface area contributed by atoms with Crippen molar-refractivity contribution in [3.05, 3.63) is 37.7 Å². The average Bonchev–Trinajstić information content (AvgIpc) is 2.64. The van der Waals surface area contributed by atoms with Crippen molar-refractivity contribution in [1.29, 1.82) is 0 Å². The van der Waals surface area contributed by atoms with E-state index in [0.29, 0.717) is 11.0 Å². The lowest BCUT2D eigenvalue weighted by Crippen LogP contribution is -2.23. The largest absolute Gasteiger partial charge is 0.327 e. The van der Waals surface area contributed by atoms with Crippen LogP contribution < -0.4 is 11.2 Å². The van der Waals surface area contributed by atoms with Crippen LogP contribution in [0.3, 0.4) is 0 Å². The highest BCUT2D eigenvalue weighted by Gasteiger charge is 2.18. The summed E-state index contributed by atoms with van der Waals surface area (Å²) in [5.74, 6) is 0. The maximum atomic E-state index is 11.7. The van der Waals surface area contributed by atoms with Gasteiger partial charge in [0.25, 0.3) is 5.56 Å². The van der Waals surface area contributed by atoms with Crippen LogP contribution in [0.2, 0.25) is 0 Å². The first-order chi connectivity index (χ1) is 7.66. The zero-order valence-electron chi connectivity index (χ0n) is 8.89. The second-order valence-electron chi connectivity index (χ2n) is 4.15. The van der Waals surface area contributed by atoms with Crippen LogP contribution in [0.1, 0.15) is 23.2 Å². The standard InChI is InChI=1S/C11H11N3O2/c1-5-6-3-2-4-7(6)12-9-8(5)10(15)14-11(16)13-9/h2-4H2,1H3,(H2,12,13,14,15,16). The van der Waals surface area contributed by atoms with E-state index >= 15 is 0 Å². The number of hydrogen-bond acceptors (Lipinski definition) is 3. The van der Waals surface area contributed by atoms with Crippen LogP contribution in [-0.2, 0) is 12.8 Å². The number of aromatic amines is 2. The summed E-state index contributed by atoms with van der Waals surface area (Å²) in [4.78, 5) is 32.0. The molecule has 0 saturated heterocycles. The smallest absolute Gasteiger partial charge is 0.291 e. The Kier molecular flexibility index (Phi) is 1.77. The fourth-order valence-electron chi connectivity index (χ4n) is 2.45. The predicted molar refractivity (Wildman–Crippen MR) is 59.7 cm³/mol. The van der Waals surface area contributed by atoms with E-state index in [4.69, 9.17) is 0 Å². The number of rotatable bonds is 0. The molecule has 2 aromatic rings. The van der Waals surface area contributed by atoms with Crippen molar-refractivity contribution in [3.63, 3.8) is 0 Å². The molecule has 0 bridgehead atoms. The SMILES string of the molecule is Cc1c2c(nc3[nH]c(=O)[nH]c(=O)c13)CCC2. The normalized spacial score (nSPS) is 14.3. The molecule has 0 aromatic carbocycles. The Balaban J connectivity index is 2.56. The van der Waals surface area contributed by atoms with Gasteiger partial charge in [0.1, 0.15) is 5.65 Å². The predicted octanol–water partition coefficient (Wildman–Crippen LogP) is 0.409. The van der Waals surface area contributed by atoms with Gasteiger partial charge in [-0.1, -0.05) is 0 Å². The summed E-state index contributed by atoms with van der Waals surface area (Å²) in [6, 6.07) is 0. The maximum absolute atomic E-state index is 11.7. The minimum absolute atomic E-state index is 0.349. The molecule has 5 nitrogen and oxygen atoms in total. The van der Waals surface area contributed by atoms with Crippen molar-refractivity contribution in [3.8, 4) is 0 Å². The zero-order valence-corrected chi connectivity index (χ0v) is 8.89. The number of hydrogen-bond donors (Lipinski definition) is 2. The van der Waals surface area contributed by atoms with Crippen LogP contribution in [0.15, 0.2) is 9.59 Å². The molecule has 0 saturated carbocycles. The Morgan fingerprint density at radius 2 is 2.00 bits per heavy atom. The van der Waals surface area contributed by atoms with E-state index < -0.39 is 5.69 Å². The Bertz CT molecular complexity index is 697. The second-order valence-corrected chi connectivity index (χ2v) is 4.15. The lowest BCUT2D eigenvalue weighted by Gasteiger charge is -2.06. The molecule has 5 heteroatoms. The van der Waals surface area contributed by atoms with Crippen molar-refractivity contribution >= 4 is 11.0 Å². The van der Waals surface area contributed by atoms with Crippen LogP contribution >= 0.6 is 0 Å². The van der Waals surface area contributed by atoms with E-state index in [1.807, 2.05) is 6.92 Å². The second kappa shape index (κ2) is 3.04. The van der Waals surface area contributed by atoms with Crippen LogP contribution in [0.5, 0.6) is 0 Å². The summed E-state index contributed by atoms with van der Waals surface area (Å²) in [6.45, 7) is 1.92. The molecule has 0 atom stereocenters. The van der Waals surface area contributed by atoms with Gasteiger partial charge in [-0.2, -0.15) is 0 Å². The fraction of sp³-hybridized carbons (Fsp3) is 0.364. The molecule has 0 spiro atoms. The lowest BCUT2D eigenvalue weighted by atomic mass is 10.1. The molecule has 0 fully saturated rings. The Labute approximate surface area is 90.5 Å². The summed E-state index contributed by atoms with van der Waals surface area (Å²) < 4.78 is 0. The fourth-order valence-corrected chi connectivity index (χ4v) is 2.45. The highest BCUT2D eigenvalue weighted by molar-refractivity contribution is 5.79. The van der Waals surface area contributed by atoms with Gasteiger partial charge < -0.3 is 0 Å². The van der Waals surface area contributed by atoms with E-state index in [9.17, 15) is 9.59 Å². The van der Waals surface area contributed by atoms with Gasteiger partial charge in [-0.15, -0.1) is 0 Å². The first-order valence-electron chi connectivity index (χ1n) is 5.31. The number of aryl methyl sites for hydroxylation is 2. The summed E-state index contributed by atoms with van der Waals surface area (Å²) >= 11 is 0. The van der Waals surface area contributed by atoms with E-state index in [0.717, 1.165) is 30.5 Å². The number of aromatic nitrogens is 3. The van der Waals surface area contributed by atoms with Gasteiger partial charge in [0, 0.05) is 5.69 Å². The molecule has 1 aliphatic carbocycles. The van der Waals surface area contributed by atoms with Gasteiger partial charge >= 0.3 is 5.69 Å². The van der Waals surface area contributed by atoms with E-state index in [1.54, 1.807) is 0 Å². The summed E-state index contributed by atoms with van der Waals surface area (Å²) in [5, 5.41) is 0.514. The molecular formula is C11H11N3O2. The molecule has 82 valence electrons. The number of H-pyrrole nitrogens is 2. The molecule has 0 radical (unpaired) electrons. The summed E-state index contributed by atoms with van der Waals surface area (Å²) in [7, 11) is 0. The van der Waals surface area contributed by atoms with Gasteiger partial charge in [0.2, 0.25) is 0 Å². The Morgan fingerprint density at radius 3 is 2.81 bits per heavy atom. The van der Waals surface area contributed by atoms with Gasteiger partial charge in [-0.25, -0.2) is 9.78 Å². The highest BCUT2D eigenvalue weighted by Crippen LogP contribution is 2.26. The van der Waals surface area contributed by atoms with Gasteiger partial charge in [0.05, 0.1) is 5.39 Å². The maximum Gasteiger partial charge on any atom is 0.327 e. The molecule has 0 aliphatic heterocycles. The van der Waals surface area contributed by atoms with Gasteiger partial charge in [-0.3, -0.25) is 14.8 Å². The summed E-state index contributed by atoms with van der Waals surface area (Å²) in [6.07, 6.45) is 2.98. The van der Waals surface area contributed by atoms with E-state index in [-0.39, 0.29) is 5.56 Å². The molecule has 2 heterocycles. The van der Waals surface area contributed by atoms with E-state index in [1.165, 1.54) is 5.56 Å². The molecular weight excluding hydrogens is 206 g/mol. The van der Waals surface area contributed by atoms with Crippen molar-refractivity contribution in [2.75, 3.05) is 0 Å². The van der Waals surface area contributed by atoms with Crippen LogP contribution in [-0.4, -0.2) is 15.0 Å². The number of pyridine rings is 1. The average molecular weight is 217 g/mol. The van der Waals surface area contributed by atoms with Crippen molar-refractivity contribution in [1.82, 2.24) is 15.0 Å². The Hall–Kier alpha value is -1.91. The third-order valence-electron chi connectivity index (χ3n) is 3.19. The first-order valence-corrected chi connectivity index (χ1v) is 5.31. The zero-order chi connectivity index (χ0) is 11.3. The van der Waals surface area contributed by atoms with Crippen molar-refractivity contribution in [2.45, 2.75) is 26.2 Å².